The van der Waals surface area contributed by atoms with Crippen molar-refractivity contribution >= 4 is 46.4 Å². The minimum atomic E-state index is -0.0190. The Kier molecular flexibility index (Phi) is 6.56. The Morgan fingerprint density at radius 1 is 0.848 bits per heavy atom. The van der Waals surface area contributed by atoms with Gasteiger partial charge in [-0.15, -0.1) is 0 Å². The van der Waals surface area contributed by atoms with E-state index in [4.69, 9.17) is 34.8 Å². The van der Waals surface area contributed by atoms with Gasteiger partial charge in [-0.25, -0.2) is 0 Å². The zero-order valence-corrected chi connectivity index (χ0v) is 20.5. The molecule has 1 aliphatic carbocycles. The van der Waals surface area contributed by atoms with E-state index in [0.29, 0.717) is 34.7 Å². The highest BCUT2D eigenvalue weighted by atomic mass is 35.5. The monoisotopic (exact) mass is 498 g/mol. The molecule has 0 radical (unpaired) electrons. The number of piperazine rings is 1. The second kappa shape index (κ2) is 9.58. The molecule has 3 nitrogen and oxygen atoms in total. The molecule has 5 rings (SSSR count). The number of halogens is 3. The summed E-state index contributed by atoms with van der Waals surface area (Å²) < 4.78 is 0. The van der Waals surface area contributed by atoms with Crippen LogP contribution in [0.5, 0.6) is 0 Å². The SMILES string of the molecule is O=C(C1CCc2ccccc2C1)N1CCN(c2ccc(Cl)cc2Cl)C(c2ccc(Cl)cc2)C1. The van der Waals surface area contributed by atoms with E-state index in [0.717, 1.165) is 30.5 Å². The minimum absolute atomic E-state index is 0.0190. The van der Waals surface area contributed by atoms with Crippen LogP contribution >= 0.6 is 34.8 Å². The average Bonchev–Trinajstić information content (AvgIpc) is 2.84. The lowest BCUT2D eigenvalue weighted by molar-refractivity contribution is -0.136. The molecule has 3 aromatic rings. The second-order valence-electron chi connectivity index (χ2n) is 8.85. The summed E-state index contributed by atoms with van der Waals surface area (Å²) in [7, 11) is 0. The second-order valence-corrected chi connectivity index (χ2v) is 10.1. The van der Waals surface area contributed by atoms with Crippen molar-refractivity contribution in [2.24, 2.45) is 5.92 Å². The summed E-state index contributed by atoms with van der Waals surface area (Å²) in [6, 6.07) is 21.9. The molecule has 0 bridgehead atoms. The molecular weight excluding hydrogens is 475 g/mol. The normalized spacial score (nSPS) is 20.5. The van der Waals surface area contributed by atoms with E-state index >= 15 is 0 Å². The van der Waals surface area contributed by atoms with E-state index in [-0.39, 0.29) is 17.9 Å². The Labute approximate surface area is 209 Å². The summed E-state index contributed by atoms with van der Waals surface area (Å²) in [6.07, 6.45) is 2.70. The molecule has 0 spiro atoms. The number of rotatable bonds is 3. The number of hydrogen-bond donors (Lipinski definition) is 0. The first kappa shape index (κ1) is 22.6. The first-order valence-corrected chi connectivity index (χ1v) is 12.5. The number of aryl methyl sites for hydroxylation is 1. The van der Waals surface area contributed by atoms with Crippen molar-refractivity contribution in [3.05, 3.63) is 98.5 Å². The fraction of sp³-hybridized carbons (Fsp3) is 0.296. The third-order valence-electron chi connectivity index (χ3n) is 6.86. The van der Waals surface area contributed by atoms with Crippen molar-refractivity contribution in [2.75, 3.05) is 24.5 Å². The third kappa shape index (κ3) is 4.73. The van der Waals surface area contributed by atoms with Crippen LogP contribution in [-0.4, -0.2) is 30.4 Å². The summed E-state index contributed by atoms with van der Waals surface area (Å²) in [4.78, 5) is 17.9. The fourth-order valence-electron chi connectivity index (χ4n) is 5.12. The molecule has 170 valence electrons. The van der Waals surface area contributed by atoms with Crippen molar-refractivity contribution in [1.82, 2.24) is 4.90 Å². The zero-order chi connectivity index (χ0) is 22.9. The minimum Gasteiger partial charge on any atom is -0.360 e. The smallest absolute Gasteiger partial charge is 0.226 e. The van der Waals surface area contributed by atoms with Gasteiger partial charge in [-0.3, -0.25) is 4.79 Å². The van der Waals surface area contributed by atoms with Crippen molar-refractivity contribution < 1.29 is 4.79 Å². The Balaban J connectivity index is 1.41. The van der Waals surface area contributed by atoms with Crippen LogP contribution in [0.15, 0.2) is 66.7 Å². The summed E-state index contributed by atoms with van der Waals surface area (Å²) in [5.74, 6) is 0.293. The van der Waals surface area contributed by atoms with Crippen LogP contribution in [0.1, 0.15) is 29.2 Å². The molecular formula is C27H25Cl3N2O. The molecule has 1 heterocycles. The Morgan fingerprint density at radius 2 is 1.58 bits per heavy atom. The van der Waals surface area contributed by atoms with Gasteiger partial charge in [0.2, 0.25) is 5.91 Å². The van der Waals surface area contributed by atoms with E-state index in [9.17, 15) is 4.79 Å². The topological polar surface area (TPSA) is 23.6 Å². The number of nitrogens with zero attached hydrogens (tertiary/aromatic N) is 2. The molecule has 1 saturated heterocycles. The predicted molar refractivity (Wildman–Crippen MR) is 137 cm³/mol. The molecule has 2 aliphatic rings. The van der Waals surface area contributed by atoms with Gasteiger partial charge in [0.05, 0.1) is 16.8 Å². The summed E-state index contributed by atoms with van der Waals surface area (Å²) in [5.41, 5.74) is 4.72. The van der Waals surface area contributed by atoms with E-state index in [1.54, 1.807) is 6.07 Å². The van der Waals surface area contributed by atoms with Crippen molar-refractivity contribution in [2.45, 2.75) is 25.3 Å². The highest BCUT2D eigenvalue weighted by molar-refractivity contribution is 6.36. The van der Waals surface area contributed by atoms with Crippen LogP contribution in [0.4, 0.5) is 5.69 Å². The maximum Gasteiger partial charge on any atom is 0.226 e. The molecule has 6 heteroatoms. The lowest BCUT2D eigenvalue weighted by Crippen LogP contribution is -2.52. The number of hydrogen-bond acceptors (Lipinski definition) is 2. The average molecular weight is 500 g/mol. The van der Waals surface area contributed by atoms with E-state index in [2.05, 4.69) is 29.2 Å². The molecule has 0 saturated carbocycles. The van der Waals surface area contributed by atoms with Crippen molar-refractivity contribution in [3.8, 4) is 0 Å². The number of carbonyl (C=O) groups is 1. The maximum atomic E-state index is 13.6. The largest absolute Gasteiger partial charge is 0.360 e. The van der Waals surface area contributed by atoms with Crippen LogP contribution in [-0.2, 0) is 17.6 Å². The Bertz CT molecular complexity index is 1160. The van der Waals surface area contributed by atoms with Crippen molar-refractivity contribution in [1.29, 1.82) is 0 Å². The predicted octanol–water partition coefficient (Wildman–Crippen LogP) is 6.84. The lowest BCUT2D eigenvalue weighted by atomic mass is 9.83. The van der Waals surface area contributed by atoms with Crippen LogP contribution in [0.2, 0.25) is 15.1 Å². The highest BCUT2D eigenvalue weighted by Gasteiger charge is 2.35. The molecule has 0 N–H and O–H groups in total. The van der Waals surface area contributed by atoms with Crippen LogP contribution < -0.4 is 4.90 Å². The molecule has 1 aliphatic heterocycles. The number of carbonyl (C=O) groups excluding carboxylic acids is 1. The quantitative estimate of drug-likeness (QED) is 0.394. The number of anilines is 1. The molecule has 0 aromatic heterocycles. The Hall–Kier alpha value is -2.20. The molecule has 1 fully saturated rings. The first-order chi connectivity index (χ1) is 16.0. The van der Waals surface area contributed by atoms with Gasteiger partial charge in [-0.2, -0.15) is 0 Å². The fourth-order valence-corrected chi connectivity index (χ4v) is 5.77. The third-order valence-corrected chi connectivity index (χ3v) is 7.65. The van der Waals surface area contributed by atoms with Gasteiger partial charge < -0.3 is 9.80 Å². The highest BCUT2D eigenvalue weighted by Crippen LogP contribution is 2.37. The standard InChI is InChI=1S/C27H25Cl3N2O/c28-22-9-7-19(8-10-22)26-17-31(13-14-32(26)25-12-11-23(29)16-24(25)30)27(33)21-6-5-18-3-1-2-4-20(18)15-21/h1-4,7-12,16,21,26H,5-6,13-15,17H2. The van der Waals surface area contributed by atoms with Crippen molar-refractivity contribution in [3.63, 3.8) is 0 Å². The zero-order valence-electron chi connectivity index (χ0n) is 18.2. The van der Waals surface area contributed by atoms with Gasteiger partial charge in [-0.1, -0.05) is 71.2 Å². The van der Waals surface area contributed by atoms with Gasteiger partial charge in [-0.05, 0) is 66.3 Å². The van der Waals surface area contributed by atoms with Crippen LogP contribution in [0.25, 0.3) is 0 Å². The number of amides is 1. The van der Waals surface area contributed by atoms with E-state index in [1.165, 1.54) is 11.1 Å². The van der Waals surface area contributed by atoms with Gasteiger partial charge in [0.25, 0.3) is 0 Å². The molecule has 2 unspecified atom stereocenters. The number of benzene rings is 3. The lowest BCUT2D eigenvalue weighted by Gasteiger charge is -2.44. The summed E-state index contributed by atoms with van der Waals surface area (Å²) in [6.45, 7) is 1.97. The first-order valence-electron chi connectivity index (χ1n) is 11.3. The Morgan fingerprint density at radius 3 is 2.33 bits per heavy atom. The molecule has 33 heavy (non-hydrogen) atoms. The summed E-state index contributed by atoms with van der Waals surface area (Å²) >= 11 is 18.9. The van der Waals surface area contributed by atoms with Crippen LogP contribution in [0, 0.1) is 5.92 Å². The van der Waals surface area contributed by atoms with Gasteiger partial charge in [0.15, 0.2) is 0 Å². The van der Waals surface area contributed by atoms with Gasteiger partial charge >= 0.3 is 0 Å². The van der Waals surface area contributed by atoms with Gasteiger partial charge in [0, 0.05) is 35.6 Å². The molecule has 3 aromatic carbocycles. The number of fused-ring (bicyclic) bond motifs is 1. The summed E-state index contributed by atoms with van der Waals surface area (Å²) in [5, 5.41) is 1.92. The van der Waals surface area contributed by atoms with E-state index < -0.39 is 0 Å². The van der Waals surface area contributed by atoms with Gasteiger partial charge in [0.1, 0.15) is 0 Å². The molecule has 2 atom stereocenters. The van der Waals surface area contributed by atoms with Crippen LogP contribution in [0.3, 0.4) is 0 Å². The maximum absolute atomic E-state index is 13.6. The molecule has 1 amide bonds. The van der Waals surface area contributed by atoms with E-state index in [1.807, 2.05) is 41.3 Å².